The quantitative estimate of drug-likeness (QED) is 0.302. The van der Waals surface area contributed by atoms with Crippen LogP contribution < -0.4 is 10.2 Å². The van der Waals surface area contributed by atoms with E-state index in [4.69, 9.17) is 4.99 Å². The molecule has 0 amide bonds. The molecule has 2 aromatic rings. The van der Waals surface area contributed by atoms with E-state index in [0.717, 1.165) is 49.6 Å². The number of nitrogens with zero attached hydrogens (tertiary/aromatic N) is 7. The second-order valence-corrected chi connectivity index (χ2v) is 6.19. The Hall–Kier alpha value is -2.17. The van der Waals surface area contributed by atoms with Gasteiger partial charge in [0.25, 0.3) is 0 Å². The first-order chi connectivity index (χ1) is 12.7. The van der Waals surface area contributed by atoms with Crippen molar-refractivity contribution in [2.45, 2.75) is 13.5 Å². The number of halogens is 1. The van der Waals surface area contributed by atoms with Crippen LogP contribution in [0.3, 0.4) is 0 Å². The SMILES string of the molecule is C=CCNC(=NCc1nnc(C)n1C)N1CCN(c2ccccn2)CC1.I. The fraction of sp³-hybridized carbons (Fsp3) is 0.444. The van der Waals surface area contributed by atoms with Crippen molar-refractivity contribution in [3.8, 4) is 0 Å². The van der Waals surface area contributed by atoms with E-state index in [1.807, 2.05) is 42.9 Å². The monoisotopic (exact) mass is 482 g/mol. The summed E-state index contributed by atoms with van der Waals surface area (Å²) < 4.78 is 1.97. The first kappa shape index (κ1) is 21.1. The molecule has 1 N–H and O–H groups in total. The second-order valence-electron chi connectivity index (χ2n) is 6.19. The minimum absolute atomic E-state index is 0. The number of guanidine groups is 1. The van der Waals surface area contributed by atoms with E-state index in [1.165, 1.54) is 0 Å². The first-order valence-corrected chi connectivity index (χ1v) is 8.84. The molecule has 8 nitrogen and oxygen atoms in total. The Bertz CT molecular complexity index is 750. The van der Waals surface area contributed by atoms with Crippen LogP contribution in [-0.2, 0) is 13.6 Å². The summed E-state index contributed by atoms with van der Waals surface area (Å²) in [5.41, 5.74) is 0. The van der Waals surface area contributed by atoms with Crippen molar-refractivity contribution in [3.05, 3.63) is 48.7 Å². The number of pyridine rings is 1. The fourth-order valence-corrected chi connectivity index (χ4v) is 2.85. The third-order valence-corrected chi connectivity index (χ3v) is 4.51. The summed E-state index contributed by atoms with van der Waals surface area (Å²) >= 11 is 0. The Kier molecular flexibility index (Phi) is 8.01. The zero-order chi connectivity index (χ0) is 18.4. The van der Waals surface area contributed by atoms with Gasteiger partial charge in [-0.2, -0.15) is 0 Å². The van der Waals surface area contributed by atoms with Gasteiger partial charge < -0.3 is 19.7 Å². The van der Waals surface area contributed by atoms with Gasteiger partial charge in [-0.05, 0) is 19.1 Å². The number of hydrogen-bond donors (Lipinski definition) is 1. The van der Waals surface area contributed by atoms with Crippen LogP contribution in [0.4, 0.5) is 5.82 Å². The Morgan fingerprint density at radius 1 is 1.26 bits per heavy atom. The minimum Gasteiger partial charge on any atom is -0.353 e. The summed E-state index contributed by atoms with van der Waals surface area (Å²) in [5.74, 6) is 3.65. The molecule has 0 radical (unpaired) electrons. The van der Waals surface area contributed by atoms with E-state index in [2.05, 4.69) is 42.9 Å². The van der Waals surface area contributed by atoms with Crippen molar-refractivity contribution in [2.75, 3.05) is 37.6 Å². The summed E-state index contributed by atoms with van der Waals surface area (Å²) in [6.07, 6.45) is 3.68. The predicted octanol–water partition coefficient (Wildman–Crippen LogP) is 1.59. The highest BCUT2D eigenvalue weighted by Gasteiger charge is 2.20. The average Bonchev–Trinajstić information content (AvgIpc) is 3.01. The zero-order valence-electron chi connectivity index (χ0n) is 15.9. The predicted molar refractivity (Wildman–Crippen MR) is 119 cm³/mol. The number of hydrogen-bond acceptors (Lipinski definition) is 5. The Morgan fingerprint density at radius 2 is 2.04 bits per heavy atom. The second kappa shape index (κ2) is 10.2. The fourth-order valence-electron chi connectivity index (χ4n) is 2.85. The van der Waals surface area contributed by atoms with Crippen LogP contribution in [0.2, 0.25) is 0 Å². The molecule has 0 aliphatic carbocycles. The van der Waals surface area contributed by atoms with Gasteiger partial charge >= 0.3 is 0 Å². The van der Waals surface area contributed by atoms with Crippen LogP contribution in [0, 0.1) is 6.92 Å². The molecule has 1 aliphatic heterocycles. The van der Waals surface area contributed by atoms with Crippen molar-refractivity contribution in [1.29, 1.82) is 0 Å². The summed E-state index contributed by atoms with van der Waals surface area (Å²) in [4.78, 5) is 13.8. The van der Waals surface area contributed by atoms with Gasteiger partial charge in [-0.25, -0.2) is 9.98 Å². The highest BCUT2D eigenvalue weighted by atomic mass is 127. The Morgan fingerprint density at radius 3 is 2.63 bits per heavy atom. The summed E-state index contributed by atoms with van der Waals surface area (Å²) in [7, 11) is 1.96. The van der Waals surface area contributed by atoms with Crippen molar-refractivity contribution < 1.29 is 0 Å². The van der Waals surface area contributed by atoms with Crippen LogP contribution in [0.1, 0.15) is 11.6 Å². The van der Waals surface area contributed by atoms with Crippen LogP contribution in [0.15, 0.2) is 42.0 Å². The largest absolute Gasteiger partial charge is 0.353 e. The van der Waals surface area contributed by atoms with Gasteiger partial charge in [-0.3, -0.25) is 0 Å². The van der Waals surface area contributed by atoms with Crippen LogP contribution in [-0.4, -0.2) is 63.3 Å². The maximum Gasteiger partial charge on any atom is 0.194 e. The third-order valence-electron chi connectivity index (χ3n) is 4.51. The van der Waals surface area contributed by atoms with Crippen molar-refractivity contribution >= 4 is 35.8 Å². The smallest absolute Gasteiger partial charge is 0.194 e. The normalized spacial score (nSPS) is 14.7. The minimum atomic E-state index is 0. The summed E-state index contributed by atoms with van der Waals surface area (Å²) in [6.45, 7) is 10.5. The highest BCUT2D eigenvalue weighted by Crippen LogP contribution is 2.12. The number of anilines is 1. The molecule has 3 rings (SSSR count). The molecular formula is C18H27IN8. The van der Waals surface area contributed by atoms with Crippen molar-refractivity contribution in [2.24, 2.45) is 12.0 Å². The van der Waals surface area contributed by atoms with Crippen LogP contribution in [0.25, 0.3) is 0 Å². The first-order valence-electron chi connectivity index (χ1n) is 8.84. The molecule has 0 saturated carbocycles. The Balaban J connectivity index is 0.00000261. The van der Waals surface area contributed by atoms with Crippen molar-refractivity contribution in [1.82, 2.24) is 30.0 Å². The number of nitrogens with one attached hydrogen (secondary N) is 1. The van der Waals surface area contributed by atoms with Gasteiger partial charge in [0.1, 0.15) is 18.2 Å². The topological polar surface area (TPSA) is 74.5 Å². The molecule has 2 aromatic heterocycles. The molecule has 9 heteroatoms. The molecule has 1 saturated heterocycles. The van der Waals surface area contributed by atoms with E-state index in [-0.39, 0.29) is 24.0 Å². The van der Waals surface area contributed by atoms with Crippen LogP contribution >= 0.6 is 24.0 Å². The molecule has 3 heterocycles. The standard InChI is InChI=1S/C18H26N8.HI/c1-4-8-20-18(21-14-17-23-22-15(2)24(17)3)26-12-10-25(11-13-26)16-7-5-6-9-19-16;/h4-7,9H,1,8,10-14H2,2-3H3,(H,20,21);1H. The zero-order valence-corrected chi connectivity index (χ0v) is 18.2. The van der Waals surface area contributed by atoms with Crippen LogP contribution in [0.5, 0.6) is 0 Å². The van der Waals surface area contributed by atoms with Gasteiger partial charge in [-0.15, -0.1) is 40.8 Å². The maximum absolute atomic E-state index is 4.75. The van der Waals surface area contributed by atoms with Gasteiger partial charge in [0.05, 0.1) is 0 Å². The third kappa shape index (κ3) is 5.41. The van der Waals surface area contributed by atoms with E-state index in [1.54, 1.807) is 0 Å². The lowest BCUT2D eigenvalue weighted by molar-refractivity contribution is 0.372. The number of rotatable bonds is 5. The van der Waals surface area contributed by atoms with Gasteiger partial charge in [0, 0.05) is 46.0 Å². The lowest BCUT2D eigenvalue weighted by atomic mass is 10.3. The van der Waals surface area contributed by atoms with E-state index in [9.17, 15) is 0 Å². The van der Waals surface area contributed by atoms with E-state index >= 15 is 0 Å². The molecule has 1 fully saturated rings. The molecule has 27 heavy (non-hydrogen) atoms. The van der Waals surface area contributed by atoms with E-state index in [0.29, 0.717) is 13.1 Å². The lowest BCUT2D eigenvalue weighted by Gasteiger charge is -2.37. The van der Waals surface area contributed by atoms with Gasteiger partial charge in [0.2, 0.25) is 0 Å². The molecule has 0 atom stereocenters. The van der Waals surface area contributed by atoms with Gasteiger partial charge in [0.15, 0.2) is 11.8 Å². The number of piperazine rings is 1. The molecule has 0 spiro atoms. The molecule has 146 valence electrons. The molecule has 0 bridgehead atoms. The van der Waals surface area contributed by atoms with Crippen molar-refractivity contribution in [3.63, 3.8) is 0 Å². The summed E-state index contributed by atoms with van der Waals surface area (Å²) in [5, 5.41) is 11.6. The Labute approximate surface area is 177 Å². The molecule has 0 unspecified atom stereocenters. The lowest BCUT2D eigenvalue weighted by Crippen LogP contribution is -2.52. The number of aromatic nitrogens is 4. The number of aryl methyl sites for hydroxylation is 1. The molecular weight excluding hydrogens is 455 g/mol. The van der Waals surface area contributed by atoms with Gasteiger partial charge in [-0.1, -0.05) is 12.1 Å². The number of aliphatic imine (C=N–C) groups is 1. The maximum atomic E-state index is 4.75. The molecule has 0 aromatic carbocycles. The average molecular weight is 482 g/mol. The highest BCUT2D eigenvalue weighted by molar-refractivity contribution is 14.0. The molecule has 1 aliphatic rings. The van der Waals surface area contributed by atoms with E-state index < -0.39 is 0 Å². The summed E-state index contributed by atoms with van der Waals surface area (Å²) in [6, 6.07) is 6.02.